The molecular formula is C13H17NO3. The van der Waals surface area contributed by atoms with E-state index in [0.29, 0.717) is 13.2 Å². The van der Waals surface area contributed by atoms with E-state index in [1.807, 2.05) is 19.1 Å². The number of fused-ring (bicyclic) bond motifs is 1. The van der Waals surface area contributed by atoms with Gasteiger partial charge in [-0.25, -0.2) is 0 Å². The monoisotopic (exact) mass is 235 g/mol. The first kappa shape index (κ1) is 11.8. The Morgan fingerprint density at radius 2 is 2.12 bits per heavy atom. The molecule has 92 valence electrons. The SMILES string of the molecule is CCOc1cc2c(cc1OC)CCN(C=O)C2. The zero-order valence-corrected chi connectivity index (χ0v) is 10.2. The average molecular weight is 235 g/mol. The second-order valence-corrected chi connectivity index (χ2v) is 4.03. The number of carbonyl (C=O) groups excluding carboxylic acids is 1. The van der Waals surface area contributed by atoms with E-state index in [0.717, 1.165) is 36.4 Å². The molecule has 0 aromatic heterocycles. The van der Waals surface area contributed by atoms with Crippen LogP contribution in [-0.4, -0.2) is 31.6 Å². The normalized spacial score (nSPS) is 14.1. The van der Waals surface area contributed by atoms with Crippen LogP contribution in [0, 0.1) is 0 Å². The van der Waals surface area contributed by atoms with Gasteiger partial charge in [0.25, 0.3) is 0 Å². The summed E-state index contributed by atoms with van der Waals surface area (Å²) in [6.45, 7) is 3.97. The molecule has 1 aliphatic heterocycles. The molecule has 1 amide bonds. The van der Waals surface area contributed by atoms with Gasteiger partial charge in [-0.3, -0.25) is 4.79 Å². The van der Waals surface area contributed by atoms with Gasteiger partial charge < -0.3 is 14.4 Å². The third-order valence-corrected chi connectivity index (χ3v) is 2.98. The van der Waals surface area contributed by atoms with E-state index >= 15 is 0 Å². The van der Waals surface area contributed by atoms with Crippen molar-refractivity contribution >= 4 is 6.41 Å². The van der Waals surface area contributed by atoms with E-state index < -0.39 is 0 Å². The van der Waals surface area contributed by atoms with Crippen LogP contribution in [0.1, 0.15) is 18.1 Å². The van der Waals surface area contributed by atoms with Crippen LogP contribution >= 0.6 is 0 Å². The van der Waals surface area contributed by atoms with Crippen LogP contribution in [0.15, 0.2) is 12.1 Å². The van der Waals surface area contributed by atoms with Gasteiger partial charge in [0, 0.05) is 13.1 Å². The predicted molar refractivity (Wildman–Crippen MR) is 64.3 cm³/mol. The van der Waals surface area contributed by atoms with Crippen molar-refractivity contribution in [1.82, 2.24) is 4.90 Å². The highest BCUT2D eigenvalue weighted by Crippen LogP contribution is 2.33. The zero-order valence-electron chi connectivity index (χ0n) is 10.2. The summed E-state index contributed by atoms with van der Waals surface area (Å²) in [6, 6.07) is 4.00. The molecule has 0 atom stereocenters. The largest absolute Gasteiger partial charge is 0.493 e. The van der Waals surface area contributed by atoms with Crippen molar-refractivity contribution in [3.63, 3.8) is 0 Å². The van der Waals surface area contributed by atoms with Crippen molar-refractivity contribution in [2.75, 3.05) is 20.3 Å². The van der Waals surface area contributed by atoms with Gasteiger partial charge in [-0.05, 0) is 36.6 Å². The Morgan fingerprint density at radius 1 is 1.35 bits per heavy atom. The minimum absolute atomic E-state index is 0.604. The minimum atomic E-state index is 0.604. The van der Waals surface area contributed by atoms with E-state index in [-0.39, 0.29) is 0 Å². The van der Waals surface area contributed by atoms with Crippen LogP contribution in [0.3, 0.4) is 0 Å². The molecule has 1 aromatic carbocycles. The third kappa shape index (κ3) is 2.35. The number of hydrogen-bond donors (Lipinski definition) is 0. The maximum absolute atomic E-state index is 10.8. The molecule has 1 aliphatic rings. The van der Waals surface area contributed by atoms with Crippen LogP contribution in [0.4, 0.5) is 0 Å². The van der Waals surface area contributed by atoms with Crippen molar-refractivity contribution in [2.24, 2.45) is 0 Å². The molecule has 0 fully saturated rings. The number of hydrogen-bond acceptors (Lipinski definition) is 3. The predicted octanol–water partition coefficient (Wildman–Crippen LogP) is 1.61. The quantitative estimate of drug-likeness (QED) is 0.744. The molecule has 4 heteroatoms. The number of nitrogens with zero attached hydrogens (tertiary/aromatic N) is 1. The summed E-state index contributed by atoms with van der Waals surface area (Å²) in [6.07, 6.45) is 1.77. The van der Waals surface area contributed by atoms with Gasteiger partial charge in [0.2, 0.25) is 6.41 Å². The molecule has 0 bridgehead atoms. The fraction of sp³-hybridized carbons (Fsp3) is 0.462. The Balaban J connectivity index is 2.34. The highest BCUT2D eigenvalue weighted by Gasteiger charge is 2.18. The molecule has 17 heavy (non-hydrogen) atoms. The van der Waals surface area contributed by atoms with Crippen LogP contribution < -0.4 is 9.47 Å². The maximum Gasteiger partial charge on any atom is 0.210 e. The van der Waals surface area contributed by atoms with Crippen molar-refractivity contribution in [1.29, 1.82) is 0 Å². The van der Waals surface area contributed by atoms with Crippen LogP contribution in [0.2, 0.25) is 0 Å². The lowest BCUT2D eigenvalue weighted by Gasteiger charge is -2.26. The van der Waals surface area contributed by atoms with Crippen molar-refractivity contribution in [3.8, 4) is 11.5 Å². The summed E-state index contributed by atoms with van der Waals surface area (Å²) in [5.41, 5.74) is 2.39. The molecule has 1 aromatic rings. The van der Waals surface area contributed by atoms with Crippen LogP contribution in [0.5, 0.6) is 11.5 Å². The third-order valence-electron chi connectivity index (χ3n) is 2.98. The number of benzene rings is 1. The summed E-state index contributed by atoms with van der Waals surface area (Å²) in [4.78, 5) is 12.5. The van der Waals surface area contributed by atoms with Gasteiger partial charge in [0.15, 0.2) is 11.5 Å². The van der Waals surface area contributed by atoms with Gasteiger partial charge in [0.1, 0.15) is 0 Å². The summed E-state index contributed by atoms with van der Waals surface area (Å²) in [7, 11) is 1.64. The van der Waals surface area contributed by atoms with Crippen LogP contribution in [0.25, 0.3) is 0 Å². The van der Waals surface area contributed by atoms with E-state index in [1.165, 1.54) is 5.56 Å². The highest BCUT2D eigenvalue weighted by molar-refractivity contribution is 5.52. The molecule has 0 radical (unpaired) electrons. The van der Waals surface area contributed by atoms with Gasteiger partial charge in [-0.15, -0.1) is 0 Å². The highest BCUT2D eigenvalue weighted by atomic mass is 16.5. The Hall–Kier alpha value is -1.71. The zero-order chi connectivity index (χ0) is 12.3. The molecule has 0 saturated heterocycles. The first-order chi connectivity index (χ1) is 8.28. The standard InChI is InChI=1S/C13H17NO3/c1-3-17-13-7-11-8-14(9-15)5-4-10(11)6-12(13)16-2/h6-7,9H,3-5,8H2,1-2H3. The average Bonchev–Trinajstić information content (AvgIpc) is 2.37. The second-order valence-electron chi connectivity index (χ2n) is 4.03. The lowest BCUT2D eigenvalue weighted by Crippen LogP contribution is -2.29. The fourth-order valence-corrected chi connectivity index (χ4v) is 2.10. The van der Waals surface area contributed by atoms with E-state index in [9.17, 15) is 4.79 Å². The molecule has 4 nitrogen and oxygen atoms in total. The topological polar surface area (TPSA) is 38.8 Å². The van der Waals surface area contributed by atoms with E-state index in [1.54, 1.807) is 12.0 Å². The molecule has 2 rings (SSSR count). The molecule has 0 unspecified atom stereocenters. The van der Waals surface area contributed by atoms with Crippen molar-refractivity contribution < 1.29 is 14.3 Å². The number of methoxy groups -OCH3 is 1. The molecular weight excluding hydrogens is 218 g/mol. The first-order valence-electron chi connectivity index (χ1n) is 5.80. The van der Waals surface area contributed by atoms with E-state index in [2.05, 4.69) is 0 Å². The number of rotatable bonds is 4. The van der Waals surface area contributed by atoms with Gasteiger partial charge in [0.05, 0.1) is 13.7 Å². The molecule has 0 N–H and O–H groups in total. The van der Waals surface area contributed by atoms with Gasteiger partial charge in [-0.2, -0.15) is 0 Å². The number of amides is 1. The Bertz CT molecular complexity index is 417. The molecule has 1 heterocycles. The van der Waals surface area contributed by atoms with Crippen molar-refractivity contribution in [3.05, 3.63) is 23.3 Å². The summed E-state index contributed by atoms with van der Waals surface area (Å²) in [5, 5.41) is 0. The first-order valence-corrected chi connectivity index (χ1v) is 5.80. The van der Waals surface area contributed by atoms with Crippen LogP contribution in [-0.2, 0) is 17.8 Å². The van der Waals surface area contributed by atoms with Gasteiger partial charge >= 0.3 is 0 Å². The number of ether oxygens (including phenoxy) is 2. The molecule has 0 saturated carbocycles. The van der Waals surface area contributed by atoms with Crippen molar-refractivity contribution in [2.45, 2.75) is 19.9 Å². The smallest absolute Gasteiger partial charge is 0.210 e. The summed E-state index contributed by atoms with van der Waals surface area (Å²) in [5.74, 6) is 1.52. The second kappa shape index (κ2) is 5.08. The maximum atomic E-state index is 10.8. The number of carbonyl (C=O) groups is 1. The minimum Gasteiger partial charge on any atom is -0.493 e. The Morgan fingerprint density at radius 3 is 2.76 bits per heavy atom. The summed E-state index contributed by atoms with van der Waals surface area (Å²) < 4.78 is 10.8. The molecule has 0 spiro atoms. The lowest BCUT2D eigenvalue weighted by molar-refractivity contribution is -0.118. The fourth-order valence-electron chi connectivity index (χ4n) is 2.10. The van der Waals surface area contributed by atoms with E-state index in [4.69, 9.17) is 9.47 Å². The Kier molecular flexibility index (Phi) is 3.52. The Labute approximate surface area is 101 Å². The summed E-state index contributed by atoms with van der Waals surface area (Å²) >= 11 is 0. The lowest BCUT2D eigenvalue weighted by atomic mass is 9.99. The van der Waals surface area contributed by atoms with Gasteiger partial charge in [-0.1, -0.05) is 0 Å². The molecule has 0 aliphatic carbocycles.